The van der Waals surface area contributed by atoms with E-state index in [1.54, 1.807) is 42.5 Å². The lowest BCUT2D eigenvalue weighted by atomic mass is 10.1. The molecule has 1 aromatic heterocycles. The zero-order valence-electron chi connectivity index (χ0n) is 15.1. The van der Waals surface area contributed by atoms with Crippen LogP contribution in [-0.4, -0.2) is 11.8 Å². The average molecular weight is 403 g/mol. The number of nitrogens with zero attached hydrogens (tertiary/aromatic N) is 1. The second kappa shape index (κ2) is 8.12. The zero-order chi connectivity index (χ0) is 20.2. The lowest BCUT2D eigenvalue weighted by Gasteiger charge is -2.06. The first-order chi connectivity index (χ1) is 14.1. The van der Waals surface area contributed by atoms with Crippen LogP contribution in [-0.2, 0) is 0 Å². The fraction of sp³-hybridized carbons (Fsp3) is 0. The Morgan fingerprint density at radius 1 is 0.828 bits per heavy atom. The Labute approximate surface area is 171 Å². The predicted molar refractivity (Wildman–Crippen MR) is 111 cm³/mol. The standard InChI is InChI=1S/C23H15ClN2O3/c24-17-9-6-8-16(13-17)21(27)26-22(28)19-14-15-7-4-5-12-20(15)29-23(19)25-18-10-2-1-3-11-18/h1-14H,(H,26,27,28). The van der Waals surface area contributed by atoms with E-state index in [2.05, 4.69) is 10.3 Å². The number of carbonyl (C=O) groups excluding carboxylic acids is 2. The molecule has 0 atom stereocenters. The van der Waals surface area contributed by atoms with Gasteiger partial charge in [-0.15, -0.1) is 0 Å². The van der Waals surface area contributed by atoms with Crippen molar-refractivity contribution in [3.8, 4) is 0 Å². The second-order valence-corrected chi connectivity index (χ2v) is 6.68. The van der Waals surface area contributed by atoms with Crippen LogP contribution >= 0.6 is 11.6 Å². The zero-order valence-corrected chi connectivity index (χ0v) is 15.9. The van der Waals surface area contributed by atoms with Crippen molar-refractivity contribution in [1.82, 2.24) is 5.32 Å². The third-order valence-corrected chi connectivity index (χ3v) is 4.44. The molecule has 1 heterocycles. The molecule has 0 spiro atoms. The number of nitrogens with one attached hydrogen (secondary N) is 1. The molecule has 2 amide bonds. The first-order valence-corrected chi connectivity index (χ1v) is 9.22. The first-order valence-electron chi connectivity index (χ1n) is 8.84. The van der Waals surface area contributed by atoms with Crippen molar-refractivity contribution in [2.45, 2.75) is 0 Å². The summed E-state index contributed by atoms with van der Waals surface area (Å²) in [5.74, 6) is -1.17. The Hall–Kier alpha value is -3.70. The highest BCUT2D eigenvalue weighted by molar-refractivity contribution is 6.31. The molecule has 142 valence electrons. The molecule has 1 N–H and O–H groups in total. The molecule has 4 rings (SSSR count). The largest absolute Gasteiger partial charge is 0.438 e. The van der Waals surface area contributed by atoms with E-state index in [0.717, 1.165) is 5.39 Å². The van der Waals surface area contributed by atoms with Crippen molar-refractivity contribution >= 4 is 40.1 Å². The van der Waals surface area contributed by atoms with Crippen LogP contribution in [0.3, 0.4) is 0 Å². The highest BCUT2D eigenvalue weighted by Crippen LogP contribution is 2.15. The molecule has 0 radical (unpaired) electrons. The summed E-state index contributed by atoms with van der Waals surface area (Å²) in [5, 5.41) is 3.50. The van der Waals surface area contributed by atoms with Crippen LogP contribution in [0.5, 0.6) is 0 Å². The van der Waals surface area contributed by atoms with E-state index in [0.29, 0.717) is 16.3 Å². The smallest absolute Gasteiger partial charge is 0.263 e. The first kappa shape index (κ1) is 18.7. The van der Waals surface area contributed by atoms with Crippen LogP contribution in [0.4, 0.5) is 5.69 Å². The van der Waals surface area contributed by atoms with Crippen molar-refractivity contribution in [2.24, 2.45) is 4.99 Å². The van der Waals surface area contributed by atoms with Gasteiger partial charge in [0.15, 0.2) is 0 Å². The molecule has 5 nitrogen and oxygen atoms in total. The lowest BCUT2D eigenvalue weighted by Crippen LogP contribution is -2.33. The van der Waals surface area contributed by atoms with Gasteiger partial charge in [0, 0.05) is 16.0 Å². The third-order valence-electron chi connectivity index (χ3n) is 4.20. The number of imide groups is 1. The molecule has 3 aromatic carbocycles. The Morgan fingerprint density at radius 2 is 1.59 bits per heavy atom. The van der Waals surface area contributed by atoms with E-state index >= 15 is 0 Å². The van der Waals surface area contributed by atoms with Gasteiger partial charge in [-0.05, 0) is 42.5 Å². The maximum Gasteiger partial charge on any atom is 0.263 e. The Balaban J connectivity index is 1.77. The summed E-state index contributed by atoms with van der Waals surface area (Å²) in [6.07, 6.45) is 0. The Morgan fingerprint density at radius 3 is 2.38 bits per heavy atom. The molecule has 0 bridgehead atoms. The fourth-order valence-corrected chi connectivity index (χ4v) is 3.00. The van der Waals surface area contributed by atoms with Crippen LogP contribution in [0, 0.1) is 0 Å². The number of benzene rings is 3. The molecule has 6 heteroatoms. The number of carbonyl (C=O) groups is 2. The van der Waals surface area contributed by atoms with Crippen molar-refractivity contribution in [3.63, 3.8) is 0 Å². The molecule has 0 aliphatic carbocycles. The molecule has 0 fully saturated rings. The van der Waals surface area contributed by atoms with Gasteiger partial charge in [0.25, 0.3) is 11.8 Å². The molecule has 0 saturated carbocycles. The number of halogens is 1. The number of hydrogen-bond acceptors (Lipinski definition) is 4. The second-order valence-electron chi connectivity index (χ2n) is 6.24. The van der Waals surface area contributed by atoms with Crippen LogP contribution in [0.15, 0.2) is 94.3 Å². The molecule has 0 saturated heterocycles. The van der Waals surface area contributed by atoms with E-state index in [4.69, 9.17) is 16.0 Å². The number of para-hydroxylation sites is 2. The molecule has 0 unspecified atom stereocenters. The molecule has 29 heavy (non-hydrogen) atoms. The molecule has 4 aromatic rings. The summed E-state index contributed by atoms with van der Waals surface area (Å²) in [4.78, 5) is 29.8. The van der Waals surface area contributed by atoms with Gasteiger partial charge in [-0.1, -0.05) is 54.1 Å². The van der Waals surface area contributed by atoms with Crippen LogP contribution in [0.1, 0.15) is 20.7 Å². The minimum Gasteiger partial charge on any atom is -0.438 e. The van der Waals surface area contributed by atoms with Gasteiger partial charge in [-0.2, -0.15) is 0 Å². The lowest BCUT2D eigenvalue weighted by molar-refractivity contribution is 0.0847. The molecular weight excluding hydrogens is 388 g/mol. The third kappa shape index (κ3) is 4.25. The topological polar surface area (TPSA) is 71.7 Å². The van der Waals surface area contributed by atoms with Gasteiger partial charge in [-0.25, -0.2) is 4.99 Å². The fourth-order valence-electron chi connectivity index (χ4n) is 2.81. The number of fused-ring (bicyclic) bond motifs is 1. The minimum atomic E-state index is -0.612. The summed E-state index contributed by atoms with van der Waals surface area (Å²) in [5.41, 5.74) is 1.76. The number of hydrogen-bond donors (Lipinski definition) is 1. The van der Waals surface area contributed by atoms with E-state index in [1.165, 1.54) is 6.07 Å². The average Bonchev–Trinajstić information content (AvgIpc) is 2.74. The number of amides is 2. The predicted octanol–water partition coefficient (Wildman–Crippen LogP) is 4.89. The van der Waals surface area contributed by atoms with Crippen molar-refractivity contribution in [1.29, 1.82) is 0 Å². The molecule has 0 aliphatic rings. The quantitative estimate of drug-likeness (QED) is 0.496. The summed E-state index contributed by atoms with van der Waals surface area (Å²) in [7, 11) is 0. The van der Waals surface area contributed by atoms with Gasteiger partial charge in [-0.3, -0.25) is 14.9 Å². The normalized spacial score (nSPS) is 11.4. The summed E-state index contributed by atoms with van der Waals surface area (Å²) in [6, 6.07) is 24.4. The van der Waals surface area contributed by atoms with Crippen LogP contribution in [0.25, 0.3) is 11.0 Å². The van der Waals surface area contributed by atoms with Gasteiger partial charge in [0.1, 0.15) is 11.1 Å². The van der Waals surface area contributed by atoms with Crippen molar-refractivity contribution in [2.75, 3.05) is 0 Å². The highest BCUT2D eigenvalue weighted by atomic mass is 35.5. The molecule has 0 aliphatic heterocycles. The SMILES string of the molecule is O=C(NC(=O)c1cc2ccccc2oc1=Nc1ccccc1)c1cccc(Cl)c1. The molecular formula is C23H15ClN2O3. The van der Waals surface area contributed by atoms with Gasteiger partial charge in [0.05, 0.1) is 5.69 Å². The monoisotopic (exact) mass is 402 g/mol. The van der Waals surface area contributed by atoms with Crippen molar-refractivity contribution in [3.05, 3.63) is 107 Å². The maximum absolute atomic E-state index is 12.9. The summed E-state index contributed by atoms with van der Waals surface area (Å²) >= 11 is 5.93. The Kier molecular flexibility index (Phi) is 5.22. The van der Waals surface area contributed by atoms with Crippen LogP contribution in [0.2, 0.25) is 5.02 Å². The van der Waals surface area contributed by atoms with E-state index in [1.807, 2.05) is 36.4 Å². The van der Waals surface area contributed by atoms with Gasteiger partial charge >= 0.3 is 0 Å². The Bertz CT molecular complexity index is 1280. The summed E-state index contributed by atoms with van der Waals surface area (Å²) < 4.78 is 5.86. The van der Waals surface area contributed by atoms with Crippen LogP contribution < -0.4 is 10.9 Å². The van der Waals surface area contributed by atoms with E-state index < -0.39 is 11.8 Å². The van der Waals surface area contributed by atoms with E-state index in [-0.39, 0.29) is 16.7 Å². The maximum atomic E-state index is 12.9. The summed E-state index contributed by atoms with van der Waals surface area (Å²) in [6.45, 7) is 0. The van der Waals surface area contributed by atoms with Gasteiger partial charge < -0.3 is 4.42 Å². The van der Waals surface area contributed by atoms with Crippen molar-refractivity contribution < 1.29 is 14.0 Å². The highest BCUT2D eigenvalue weighted by Gasteiger charge is 2.17. The van der Waals surface area contributed by atoms with Gasteiger partial charge in [0.2, 0.25) is 5.55 Å². The van der Waals surface area contributed by atoms with E-state index in [9.17, 15) is 9.59 Å². The minimum absolute atomic E-state index is 0.117. The number of rotatable bonds is 3.